The van der Waals surface area contributed by atoms with Crippen molar-refractivity contribution in [3.05, 3.63) is 70.8 Å². The Morgan fingerprint density at radius 3 is 2.27 bits per heavy atom. The maximum Gasteiger partial charge on any atom is 0.0790 e. The molecule has 1 N–H and O–H groups in total. The molecule has 1 heteroatoms. The molecule has 1 unspecified atom stereocenters. The maximum absolute atomic E-state index is 10.4. The Morgan fingerprint density at radius 2 is 1.53 bits per heavy atom. The van der Waals surface area contributed by atoms with Crippen LogP contribution < -0.4 is 0 Å². The molecule has 3 aromatic carbocycles. The third-order valence-electron chi connectivity index (χ3n) is 7.37. The van der Waals surface area contributed by atoms with Gasteiger partial charge in [0.05, 0.1) is 6.10 Å². The topological polar surface area (TPSA) is 20.2 Å². The van der Waals surface area contributed by atoms with E-state index < -0.39 is 0 Å². The number of benzene rings is 3. The van der Waals surface area contributed by atoms with Crippen molar-refractivity contribution >= 4 is 10.8 Å². The van der Waals surface area contributed by atoms with Gasteiger partial charge in [0.25, 0.3) is 0 Å². The smallest absolute Gasteiger partial charge is 0.0790 e. The summed E-state index contributed by atoms with van der Waals surface area (Å²) in [4.78, 5) is 0. The number of hydrogen-bond acceptors (Lipinski definition) is 1. The molecule has 0 bridgehead atoms. The lowest BCUT2D eigenvalue weighted by molar-refractivity contribution is 0.166. The van der Waals surface area contributed by atoms with E-state index in [0.29, 0.717) is 0 Å². The van der Waals surface area contributed by atoms with Crippen molar-refractivity contribution in [1.82, 2.24) is 0 Å². The predicted molar refractivity (Wildman–Crippen MR) is 129 cm³/mol. The summed E-state index contributed by atoms with van der Waals surface area (Å²) in [5, 5.41) is 12.8. The average molecular weight is 401 g/mol. The van der Waals surface area contributed by atoms with Gasteiger partial charge >= 0.3 is 0 Å². The zero-order valence-corrected chi connectivity index (χ0v) is 19.5. The summed E-state index contributed by atoms with van der Waals surface area (Å²) in [5.74, 6) is 0. The van der Waals surface area contributed by atoms with Crippen LogP contribution in [0.3, 0.4) is 0 Å². The Balaban J connectivity index is 1.80. The van der Waals surface area contributed by atoms with Gasteiger partial charge in [0.2, 0.25) is 0 Å². The van der Waals surface area contributed by atoms with E-state index in [4.69, 9.17) is 0 Å². The van der Waals surface area contributed by atoms with Crippen LogP contribution in [0.2, 0.25) is 0 Å². The van der Waals surface area contributed by atoms with Crippen LogP contribution in [0.5, 0.6) is 0 Å². The first kappa shape index (κ1) is 21.1. The summed E-state index contributed by atoms with van der Waals surface area (Å²) in [6.07, 6.45) is 3.91. The third kappa shape index (κ3) is 3.58. The second-order valence-corrected chi connectivity index (χ2v) is 10.6. The molecule has 1 aliphatic carbocycles. The van der Waals surface area contributed by atoms with Gasteiger partial charge in [-0.05, 0) is 93.3 Å². The molecule has 1 atom stereocenters. The first-order chi connectivity index (χ1) is 14.1. The molecule has 1 aliphatic rings. The lowest BCUT2D eigenvalue weighted by atomic mass is 9.61. The summed E-state index contributed by atoms with van der Waals surface area (Å²) < 4.78 is 0. The molecule has 30 heavy (non-hydrogen) atoms. The number of aliphatic hydroxyl groups excluding tert-OH is 1. The van der Waals surface area contributed by atoms with Gasteiger partial charge in [-0.1, -0.05) is 77.4 Å². The molecule has 0 aliphatic heterocycles. The normalized spacial score (nSPS) is 18.2. The molecule has 0 spiro atoms. The molecule has 0 saturated carbocycles. The Kier molecular flexibility index (Phi) is 5.31. The molecule has 158 valence electrons. The van der Waals surface area contributed by atoms with Crippen molar-refractivity contribution in [1.29, 1.82) is 0 Å². The largest absolute Gasteiger partial charge is 0.388 e. The van der Waals surface area contributed by atoms with E-state index in [2.05, 4.69) is 90.1 Å². The summed E-state index contributed by atoms with van der Waals surface area (Å²) in [7, 11) is 0. The number of fused-ring (bicyclic) bond motifs is 2. The minimum absolute atomic E-state index is 0.214. The van der Waals surface area contributed by atoms with Gasteiger partial charge in [-0.25, -0.2) is 0 Å². The number of hydrogen-bond donors (Lipinski definition) is 1. The van der Waals surface area contributed by atoms with Crippen LogP contribution in [0, 0.1) is 6.92 Å². The van der Waals surface area contributed by atoms with E-state index in [-0.39, 0.29) is 16.9 Å². The molecule has 0 radical (unpaired) electrons. The fourth-order valence-corrected chi connectivity index (χ4v) is 5.42. The molecule has 1 nitrogen and oxygen atoms in total. The molecule has 3 aromatic rings. The van der Waals surface area contributed by atoms with Gasteiger partial charge < -0.3 is 5.11 Å². The van der Waals surface area contributed by atoms with Gasteiger partial charge in [0.1, 0.15) is 0 Å². The highest BCUT2D eigenvalue weighted by molar-refractivity contribution is 5.88. The number of aliphatic hydroxyl groups is 1. The predicted octanol–water partition coefficient (Wildman–Crippen LogP) is 8.00. The lowest BCUT2D eigenvalue weighted by Gasteiger charge is -2.43. The standard InChI is InChI=1S/C29H36O/c1-7-8-26(30)23-12-10-20-17-22(11-9-21(20)18-23)24-13-14-25-27(19(24)2)29(5,6)16-15-28(25,3)4/h9-14,17-18,26,30H,7-8,15-16H2,1-6H3. The molecular formula is C29H36O. The second kappa shape index (κ2) is 7.54. The highest BCUT2D eigenvalue weighted by Crippen LogP contribution is 2.48. The molecular weight excluding hydrogens is 364 g/mol. The van der Waals surface area contributed by atoms with Crippen LogP contribution >= 0.6 is 0 Å². The lowest BCUT2D eigenvalue weighted by Crippen LogP contribution is -2.34. The number of rotatable bonds is 4. The first-order valence-corrected chi connectivity index (χ1v) is 11.5. The molecule has 0 fully saturated rings. The highest BCUT2D eigenvalue weighted by Gasteiger charge is 2.38. The Morgan fingerprint density at radius 1 is 0.867 bits per heavy atom. The Bertz CT molecular complexity index is 1090. The van der Waals surface area contributed by atoms with Gasteiger partial charge in [0.15, 0.2) is 0 Å². The van der Waals surface area contributed by atoms with Crippen molar-refractivity contribution in [2.24, 2.45) is 0 Å². The van der Waals surface area contributed by atoms with E-state index in [1.807, 2.05) is 0 Å². The van der Waals surface area contributed by atoms with Crippen LogP contribution in [0.25, 0.3) is 21.9 Å². The van der Waals surface area contributed by atoms with Crippen molar-refractivity contribution < 1.29 is 5.11 Å². The monoisotopic (exact) mass is 400 g/mol. The van der Waals surface area contributed by atoms with Crippen LogP contribution in [0.15, 0.2) is 48.5 Å². The minimum Gasteiger partial charge on any atom is -0.388 e. The summed E-state index contributed by atoms with van der Waals surface area (Å²) in [6, 6.07) is 17.9. The summed E-state index contributed by atoms with van der Waals surface area (Å²) >= 11 is 0. The SMILES string of the molecule is CCCC(O)c1ccc2cc(-c3ccc4c(c3C)C(C)(C)CCC4(C)C)ccc2c1. The average Bonchev–Trinajstić information content (AvgIpc) is 2.70. The van der Waals surface area contributed by atoms with Crippen LogP contribution in [-0.4, -0.2) is 5.11 Å². The van der Waals surface area contributed by atoms with E-state index in [1.165, 1.54) is 45.9 Å². The maximum atomic E-state index is 10.4. The van der Waals surface area contributed by atoms with Crippen LogP contribution in [-0.2, 0) is 10.8 Å². The van der Waals surface area contributed by atoms with Crippen molar-refractivity contribution in [2.75, 3.05) is 0 Å². The van der Waals surface area contributed by atoms with E-state index in [9.17, 15) is 5.11 Å². The van der Waals surface area contributed by atoms with Crippen LogP contribution in [0.4, 0.5) is 0 Å². The van der Waals surface area contributed by atoms with Gasteiger partial charge in [-0.15, -0.1) is 0 Å². The zero-order chi connectivity index (χ0) is 21.7. The molecule has 0 aromatic heterocycles. The van der Waals surface area contributed by atoms with E-state index in [1.54, 1.807) is 5.56 Å². The van der Waals surface area contributed by atoms with Gasteiger partial charge in [0, 0.05) is 0 Å². The quantitative estimate of drug-likeness (QED) is 0.470. The van der Waals surface area contributed by atoms with Gasteiger partial charge in [-0.2, -0.15) is 0 Å². The van der Waals surface area contributed by atoms with E-state index in [0.717, 1.165) is 18.4 Å². The van der Waals surface area contributed by atoms with Crippen LogP contribution in [0.1, 0.15) is 88.7 Å². The van der Waals surface area contributed by atoms with Crippen molar-refractivity contribution in [3.63, 3.8) is 0 Å². The first-order valence-electron chi connectivity index (χ1n) is 11.5. The molecule has 4 rings (SSSR count). The summed E-state index contributed by atoms with van der Waals surface area (Å²) in [6.45, 7) is 14.0. The fourth-order valence-electron chi connectivity index (χ4n) is 5.42. The molecule has 0 saturated heterocycles. The Labute approximate surface area is 182 Å². The van der Waals surface area contributed by atoms with Crippen molar-refractivity contribution in [2.45, 2.75) is 84.2 Å². The molecule has 0 heterocycles. The third-order valence-corrected chi connectivity index (χ3v) is 7.37. The fraction of sp³-hybridized carbons (Fsp3) is 0.448. The molecule has 0 amide bonds. The van der Waals surface area contributed by atoms with Crippen molar-refractivity contribution in [3.8, 4) is 11.1 Å². The second-order valence-electron chi connectivity index (χ2n) is 10.6. The van der Waals surface area contributed by atoms with E-state index >= 15 is 0 Å². The minimum atomic E-state index is -0.368. The Hall–Kier alpha value is -2.12. The van der Waals surface area contributed by atoms with Gasteiger partial charge in [-0.3, -0.25) is 0 Å². The zero-order valence-electron chi connectivity index (χ0n) is 19.5. The summed E-state index contributed by atoms with van der Waals surface area (Å²) in [5.41, 5.74) is 8.61. The highest BCUT2D eigenvalue weighted by atomic mass is 16.3.